The van der Waals surface area contributed by atoms with Crippen LogP contribution in [0.5, 0.6) is 5.75 Å². The molecule has 19 heavy (non-hydrogen) atoms. The van der Waals surface area contributed by atoms with Crippen molar-refractivity contribution < 1.29 is 9.53 Å². The van der Waals surface area contributed by atoms with Gasteiger partial charge in [0.1, 0.15) is 11.5 Å². The van der Waals surface area contributed by atoms with Crippen LogP contribution < -0.4 is 4.74 Å². The molecule has 0 heterocycles. The van der Waals surface area contributed by atoms with Gasteiger partial charge in [-0.25, -0.2) is 0 Å². The maximum absolute atomic E-state index is 11.6. The van der Waals surface area contributed by atoms with Crippen LogP contribution in [0.2, 0.25) is 0 Å². The number of Topliss-reactive ketones (excluding diaryl/α,β-unsaturated/α-hetero) is 1. The zero-order chi connectivity index (χ0) is 13.9. The van der Waals surface area contributed by atoms with Crippen LogP contribution in [0.1, 0.15) is 31.2 Å². The Morgan fingerprint density at radius 3 is 2.53 bits per heavy atom. The summed E-state index contributed by atoms with van der Waals surface area (Å²) in [5.74, 6) is 1.30. The van der Waals surface area contributed by atoms with Gasteiger partial charge in [0.15, 0.2) is 0 Å². The van der Waals surface area contributed by atoms with Gasteiger partial charge in [0.2, 0.25) is 0 Å². The molecule has 0 bridgehead atoms. The number of likely N-dealkylation sites (N-methyl/N-ethyl adjacent to an activating group) is 1. The number of rotatable bonds is 4. The molecule has 104 valence electrons. The number of carbonyl (C=O) groups excluding carboxylic acids is 1. The SMILES string of the molecule is COc1cccc(C2(CN(C)C)CCC(=O)CC2)c1. The van der Waals surface area contributed by atoms with Crippen LogP contribution in [0.25, 0.3) is 0 Å². The summed E-state index contributed by atoms with van der Waals surface area (Å²) < 4.78 is 5.34. The van der Waals surface area contributed by atoms with Gasteiger partial charge in [0.05, 0.1) is 7.11 Å². The fraction of sp³-hybridized carbons (Fsp3) is 0.562. The van der Waals surface area contributed by atoms with Crippen molar-refractivity contribution in [1.29, 1.82) is 0 Å². The molecule has 3 heteroatoms. The van der Waals surface area contributed by atoms with Crippen molar-refractivity contribution in [3.8, 4) is 5.75 Å². The second-order valence-electron chi connectivity index (χ2n) is 5.79. The van der Waals surface area contributed by atoms with Crippen LogP contribution in [-0.4, -0.2) is 38.4 Å². The average molecular weight is 261 g/mol. The minimum Gasteiger partial charge on any atom is -0.497 e. The molecule has 0 aromatic heterocycles. The highest BCUT2D eigenvalue weighted by atomic mass is 16.5. The van der Waals surface area contributed by atoms with Gasteiger partial charge < -0.3 is 9.64 Å². The molecule has 1 aliphatic carbocycles. The monoisotopic (exact) mass is 261 g/mol. The van der Waals surface area contributed by atoms with E-state index in [2.05, 4.69) is 31.1 Å². The van der Waals surface area contributed by atoms with Gasteiger partial charge in [0, 0.05) is 24.8 Å². The van der Waals surface area contributed by atoms with Gasteiger partial charge in [-0.3, -0.25) is 4.79 Å². The van der Waals surface area contributed by atoms with Crippen molar-refractivity contribution >= 4 is 5.78 Å². The molecule has 0 amide bonds. The zero-order valence-electron chi connectivity index (χ0n) is 12.1. The molecule has 0 unspecified atom stereocenters. The summed E-state index contributed by atoms with van der Waals surface area (Å²) in [6.45, 7) is 0.980. The minimum absolute atomic E-state index is 0.0892. The number of carbonyl (C=O) groups is 1. The van der Waals surface area contributed by atoms with Crippen LogP contribution in [0.4, 0.5) is 0 Å². The average Bonchev–Trinajstić information content (AvgIpc) is 2.41. The number of hydrogen-bond donors (Lipinski definition) is 0. The Bertz CT molecular complexity index is 444. The first-order valence-electron chi connectivity index (χ1n) is 6.87. The van der Waals surface area contributed by atoms with E-state index < -0.39 is 0 Å². The number of nitrogens with zero attached hydrogens (tertiary/aromatic N) is 1. The Hall–Kier alpha value is -1.35. The molecule has 0 atom stereocenters. The molecule has 3 nitrogen and oxygen atoms in total. The molecule has 0 spiro atoms. The molecule has 1 saturated carbocycles. The molecule has 2 rings (SSSR count). The third-order valence-electron chi connectivity index (χ3n) is 4.07. The van der Waals surface area contributed by atoms with Crippen LogP contribution in [0.15, 0.2) is 24.3 Å². The Morgan fingerprint density at radius 1 is 1.26 bits per heavy atom. The van der Waals surface area contributed by atoms with Crippen molar-refractivity contribution in [3.63, 3.8) is 0 Å². The third-order valence-corrected chi connectivity index (χ3v) is 4.07. The Kier molecular flexibility index (Phi) is 4.25. The van der Waals surface area contributed by atoms with Crippen molar-refractivity contribution in [1.82, 2.24) is 4.90 Å². The Morgan fingerprint density at radius 2 is 1.95 bits per heavy atom. The minimum atomic E-state index is 0.0892. The van der Waals surface area contributed by atoms with Gasteiger partial charge >= 0.3 is 0 Å². The highest BCUT2D eigenvalue weighted by molar-refractivity contribution is 5.79. The largest absolute Gasteiger partial charge is 0.497 e. The lowest BCUT2D eigenvalue weighted by atomic mass is 9.69. The van der Waals surface area contributed by atoms with Crippen LogP contribution in [0, 0.1) is 0 Å². The van der Waals surface area contributed by atoms with Gasteiger partial charge in [-0.05, 0) is 44.6 Å². The van der Waals surface area contributed by atoms with Gasteiger partial charge in [-0.1, -0.05) is 12.1 Å². The standard InChI is InChI=1S/C16H23NO2/c1-17(2)12-16(9-7-14(18)8-10-16)13-5-4-6-15(11-13)19-3/h4-6,11H,7-10,12H2,1-3H3. The summed E-state index contributed by atoms with van der Waals surface area (Å²) in [6, 6.07) is 8.31. The highest BCUT2D eigenvalue weighted by Gasteiger charge is 2.36. The summed E-state index contributed by atoms with van der Waals surface area (Å²) in [5.41, 5.74) is 1.39. The molecule has 1 aliphatic rings. The fourth-order valence-corrected chi connectivity index (χ4v) is 3.10. The third kappa shape index (κ3) is 3.16. The van der Waals surface area contributed by atoms with Crippen LogP contribution >= 0.6 is 0 Å². The summed E-state index contributed by atoms with van der Waals surface area (Å²) in [6.07, 6.45) is 3.28. The summed E-state index contributed by atoms with van der Waals surface area (Å²) >= 11 is 0. The topological polar surface area (TPSA) is 29.5 Å². The van der Waals surface area contributed by atoms with E-state index in [1.165, 1.54) is 5.56 Å². The highest BCUT2D eigenvalue weighted by Crippen LogP contribution is 2.39. The molecule has 0 aliphatic heterocycles. The fourth-order valence-electron chi connectivity index (χ4n) is 3.10. The molecule has 1 aromatic carbocycles. The molecular formula is C16H23NO2. The molecule has 1 fully saturated rings. The van der Waals surface area contributed by atoms with Crippen LogP contribution in [-0.2, 0) is 10.2 Å². The normalized spacial score (nSPS) is 18.6. The van der Waals surface area contributed by atoms with Gasteiger partial charge in [0.25, 0.3) is 0 Å². The Balaban J connectivity index is 2.33. The lowest BCUT2D eigenvalue weighted by molar-refractivity contribution is -0.121. The van der Waals surface area contributed by atoms with E-state index in [4.69, 9.17) is 4.74 Å². The molecule has 1 aromatic rings. The first-order valence-corrected chi connectivity index (χ1v) is 6.87. The van der Waals surface area contributed by atoms with Gasteiger partial charge in [-0.15, -0.1) is 0 Å². The van der Waals surface area contributed by atoms with E-state index >= 15 is 0 Å². The first kappa shape index (κ1) is 14.1. The van der Waals surface area contributed by atoms with E-state index in [-0.39, 0.29) is 5.41 Å². The van der Waals surface area contributed by atoms with E-state index in [1.807, 2.05) is 12.1 Å². The van der Waals surface area contributed by atoms with Crippen molar-refractivity contribution in [2.75, 3.05) is 27.7 Å². The van der Waals surface area contributed by atoms with Gasteiger partial charge in [-0.2, -0.15) is 0 Å². The molecule has 0 radical (unpaired) electrons. The quantitative estimate of drug-likeness (QED) is 0.834. The lowest BCUT2D eigenvalue weighted by Crippen LogP contribution is -2.41. The van der Waals surface area contributed by atoms with Crippen LogP contribution in [0.3, 0.4) is 0 Å². The number of methoxy groups -OCH3 is 1. The van der Waals surface area contributed by atoms with E-state index in [0.717, 1.165) is 25.1 Å². The number of ether oxygens (including phenoxy) is 1. The van der Waals surface area contributed by atoms with Crippen molar-refractivity contribution in [3.05, 3.63) is 29.8 Å². The molecule has 0 saturated heterocycles. The predicted octanol–water partition coefficient (Wildman–Crippen LogP) is 2.64. The predicted molar refractivity (Wildman–Crippen MR) is 76.7 cm³/mol. The summed E-state index contributed by atoms with van der Waals surface area (Å²) in [5, 5.41) is 0. The lowest BCUT2D eigenvalue weighted by Gasteiger charge is -2.39. The smallest absolute Gasteiger partial charge is 0.132 e. The summed E-state index contributed by atoms with van der Waals surface area (Å²) in [4.78, 5) is 13.8. The summed E-state index contributed by atoms with van der Waals surface area (Å²) in [7, 11) is 5.89. The molecule has 0 N–H and O–H groups in total. The van der Waals surface area contributed by atoms with E-state index in [1.54, 1.807) is 7.11 Å². The first-order chi connectivity index (χ1) is 9.05. The number of benzene rings is 1. The maximum Gasteiger partial charge on any atom is 0.132 e. The van der Waals surface area contributed by atoms with Crippen molar-refractivity contribution in [2.24, 2.45) is 0 Å². The maximum atomic E-state index is 11.6. The van der Waals surface area contributed by atoms with E-state index in [9.17, 15) is 4.79 Å². The van der Waals surface area contributed by atoms with Crippen molar-refractivity contribution in [2.45, 2.75) is 31.1 Å². The number of ketones is 1. The second kappa shape index (κ2) is 5.74. The number of hydrogen-bond acceptors (Lipinski definition) is 3. The molecular weight excluding hydrogens is 238 g/mol. The Labute approximate surface area is 115 Å². The van der Waals surface area contributed by atoms with E-state index in [0.29, 0.717) is 18.6 Å². The zero-order valence-corrected chi connectivity index (χ0v) is 12.1. The second-order valence-corrected chi connectivity index (χ2v) is 5.79.